The summed E-state index contributed by atoms with van der Waals surface area (Å²) in [5.74, 6) is -2.84. The molecule has 0 bridgehead atoms. The lowest BCUT2D eigenvalue weighted by atomic mass is 9.97. The van der Waals surface area contributed by atoms with Crippen LogP contribution in [0.15, 0.2) is 0 Å². The molecule has 0 aliphatic heterocycles. The maximum absolute atomic E-state index is 13.1. The lowest BCUT2D eigenvalue weighted by Crippen LogP contribution is -2.59. The first-order chi connectivity index (χ1) is 15.5. The van der Waals surface area contributed by atoms with Crippen LogP contribution in [0, 0.1) is 5.92 Å². The van der Waals surface area contributed by atoms with Gasteiger partial charge in [-0.25, -0.2) is 4.79 Å². The molecule has 0 aromatic carbocycles. The van der Waals surface area contributed by atoms with E-state index in [2.05, 4.69) is 16.0 Å². The van der Waals surface area contributed by atoms with Gasteiger partial charge < -0.3 is 37.6 Å². The molecule has 192 valence electrons. The number of hydrogen-bond acceptors (Lipinski definition) is 8. The normalized spacial score (nSPS) is 16.6. The van der Waals surface area contributed by atoms with E-state index in [1.807, 2.05) is 13.2 Å². The number of nitrogens with two attached hydrogens (primary N) is 2. The van der Waals surface area contributed by atoms with Crippen LogP contribution in [0.4, 0.5) is 0 Å². The average molecular weight is 492 g/mol. The van der Waals surface area contributed by atoms with E-state index in [4.69, 9.17) is 11.5 Å². The number of unbranched alkanes of at least 4 members (excludes halogenated alkanes) is 1. The molecular weight excluding hydrogens is 450 g/mol. The van der Waals surface area contributed by atoms with Crippen molar-refractivity contribution in [3.8, 4) is 0 Å². The molecule has 33 heavy (non-hydrogen) atoms. The van der Waals surface area contributed by atoms with E-state index in [0.29, 0.717) is 31.6 Å². The Hall–Kier alpha value is -1.89. The number of carbonyl (C=O) groups is 4. The summed E-state index contributed by atoms with van der Waals surface area (Å²) in [4.78, 5) is 49.6. The molecule has 6 atom stereocenters. The molecule has 0 heterocycles. The number of thioether (sulfide) groups is 1. The van der Waals surface area contributed by atoms with Gasteiger partial charge in [-0.05, 0) is 50.7 Å². The number of carbonyl (C=O) groups excluding carboxylic acids is 3. The van der Waals surface area contributed by atoms with Crippen LogP contribution in [0.1, 0.15) is 52.9 Å². The summed E-state index contributed by atoms with van der Waals surface area (Å²) in [6, 6.07) is -4.25. The van der Waals surface area contributed by atoms with Gasteiger partial charge in [0.15, 0.2) is 6.04 Å². The zero-order valence-corrected chi connectivity index (χ0v) is 20.8. The Morgan fingerprint density at radius 3 is 2.03 bits per heavy atom. The molecule has 0 saturated heterocycles. The van der Waals surface area contributed by atoms with Gasteiger partial charge >= 0.3 is 5.97 Å². The van der Waals surface area contributed by atoms with Crippen molar-refractivity contribution >= 4 is 35.5 Å². The minimum Gasteiger partial charge on any atom is -0.480 e. The highest BCUT2D eigenvalue weighted by molar-refractivity contribution is 7.98. The van der Waals surface area contributed by atoms with Crippen molar-refractivity contribution in [3.63, 3.8) is 0 Å². The second kappa shape index (κ2) is 16.7. The quantitative estimate of drug-likeness (QED) is 0.127. The van der Waals surface area contributed by atoms with E-state index in [0.717, 1.165) is 6.42 Å². The highest BCUT2D eigenvalue weighted by Gasteiger charge is 2.33. The van der Waals surface area contributed by atoms with Crippen molar-refractivity contribution < 1.29 is 29.4 Å². The highest BCUT2D eigenvalue weighted by Crippen LogP contribution is 2.11. The zero-order chi connectivity index (χ0) is 25.6. The molecule has 6 unspecified atom stereocenters. The average Bonchev–Trinajstić information content (AvgIpc) is 2.76. The predicted molar refractivity (Wildman–Crippen MR) is 128 cm³/mol. The summed E-state index contributed by atoms with van der Waals surface area (Å²) < 4.78 is 0. The standard InChI is InChI=1S/C21H41N5O6S/c1-5-12(2)16(25-18(28)14(23)8-6-7-10-22)20(30)24-15(9-11-33-4)19(29)26-17(13(3)27)21(31)32/h12-17,27H,5-11,22-23H2,1-4H3,(H,24,30)(H,25,28)(H,26,29)(H,31,32). The second-order valence-corrected chi connectivity index (χ2v) is 9.16. The summed E-state index contributed by atoms with van der Waals surface area (Å²) in [5.41, 5.74) is 11.4. The summed E-state index contributed by atoms with van der Waals surface area (Å²) in [6.07, 6.45) is 3.21. The lowest BCUT2D eigenvalue weighted by molar-refractivity contribution is -0.145. The van der Waals surface area contributed by atoms with Gasteiger partial charge in [-0.2, -0.15) is 11.8 Å². The van der Waals surface area contributed by atoms with Crippen LogP contribution < -0.4 is 27.4 Å². The van der Waals surface area contributed by atoms with Crippen molar-refractivity contribution in [2.45, 2.75) is 83.1 Å². The van der Waals surface area contributed by atoms with Gasteiger partial charge in [-0.15, -0.1) is 0 Å². The van der Waals surface area contributed by atoms with E-state index in [-0.39, 0.29) is 12.3 Å². The molecule has 3 amide bonds. The van der Waals surface area contributed by atoms with Gasteiger partial charge in [0.05, 0.1) is 12.1 Å². The molecular formula is C21H41N5O6S. The van der Waals surface area contributed by atoms with Gasteiger partial charge in [-0.3, -0.25) is 14.4 Å². The number of aliphatic hydroxyl groups is 1. The molecule has 0 aromatic rings. The highest BCUT2D eigenvalue weighted by atomic mass is 32.2. The first kappa shape index (κ1) is 31.1. The SMILES string of the molecule is CCC(C)C(NC(=O)C(N)CCCCN)C(=O)NC(CCSC)C(=O)NC(C(=O)O)C(C)O. The van der Waals surface area contributed by atoms with Crippen LogP contribution in [0.25, 0.3) is 0 Å². The summed E-state index contributed by atoms with van der Waals surface area (Å²) in [5, 5.41) is 26.5. The van der Waals surface area contributed by atoms with Gasteiger partial charge in [0.2, 0.25) is 17.7 Å². The molecule has 0 aromatic heterocycles. The van der Waals surface area contributed by atoms with Crippen LogP contribution >= 0.6 is 11.8 Å². The van der Waals surface area contributed by atoms with Crippen molar-refractivity contribution in [1.29, 1.82) is 0 Å². The monoisotopic (exact) mass is 491 g/mol. The maximum atomic E-state index is 13.1. The van der Waals surface area contributed by atoms with Gasteiger partial charge in [0, 0.05) is 0 Å². The zero-order valence-electron chi connectivity index (χ0n) is 20.0. The third kappa shape index (κ3) is 11.7. The van der Waals surface area contributed by atoms with Gasteiger partial charge in [0.25, 0.3) is 0 Å². The fourth-order valence-corrected chi connectivity index (χ4v) is 3.48. The van der Waals surface area contributed by atoms with Crippen LogP contribution in [-0.4, -0.2) is 82.7 Å². The number of hydrogen-bond donors (Lipinski definition) is 7. The van der Waals surface area contributed by atoms with E-state index in [1.54, 1.807) is 6.92 Å². The molecule has 11 nitrogen and oxygen atoms in total. The molecule has 0 saturated carbocycles. The smallest absolute Gasteiger partial charge is 0.328 e. The predicted octanol–water partition coefficient (Wildman–Crippen LogP) is -0.838. The van der Waals surface area contributed by atoms with Crippen LogP contribution in [0.2, 0.25) is 0 Å². The third-order valence-corrected chi connectivity index (χ3v) is 6.03. The largest absolute Gasteiger partial charge is 0.480 e. The maximum Gasteiger partial charge on any atom is 0.328 e. The lowest BCUT2D eigenvalue weighted by Gasteiger charge is -2.28. The Labute approximate surface area is 200 Å². The van der Waals surface area contributed by atoms with E-state index < -0.39 is 54.0 Å². The minimum atomic E-state index is -1.51. The molecule has 0 aliphatic carbocycles. The van der Waals surface area contributed by atoms with Crippen LogP contribution in [-0.2, 0) is 19.2 Å². The van der Waals surface area contributed by atoms with E-state index in [9.17, 15) is 29.4 Å². The Balaban J connectivity index is 5.42. The van der Waals surface area contributed by atoms with Crippen molar-refractivity contribution in [1.82, 2.24) is 16.0 Å². The minimum absolute atomic E-state index is 0.237. The van der Waals surface area contributed by atoms with Crippen LogP contribution in [0.3, 0.4) is 0 Å². The third-order valence-electron chi connectivity index (χ3n) is 5.39. The topological polar surface area (TPSA) is 197 Å². The summed E-state index contributed by atoms with van der Waals surface area (Å²) >= 11 is 1.46. The second-order valence-electron chi connectivity index (χ2n) is 8.17. The molecule has 0 radical (unpaired) electrons. The first-order valence-corrected chi connectivity index (χ1v) is 12.7. The molecule has 9 N–H and O–H groups in total. The number of aliphatic hydroxyl groups excluding tert-OH is 1. The van der Waals surface area contributed by atoms with Crippen LogP contribution in [0.5, 0.6) is 0 Å². The Bertz CT molecular complexity index is 636. The number of aliphatic carboxylic acids is 1. The molecule has 0 spiro atoms. The van der Waals surface area contributed by atoms with Crippen molar-refractivity contribution in [2.75, 3.05) is 18.6 Å². The Morgan fingerprint density at radius 2 is 1.55 bits per heavy atom. The number of rotatable bonds is 17. The number of carboxylic acid groups (broad SMARTS) is 1. The fraction of sp³-hybridized carbons (Fsp3) is 0.810. The van der Waals surface area contributed by atoms with Crippen molar-refractivity contribution in [2.24, 2.45) is 17.4 Å². The summed E-state index contributed by atoms with van der Waals surface area (Å²) in [7, 11) is 0. The Kier molecular flexibility index (Phi) is 15.7. The van der Waals surface area contributed by atoms with E-state index in [1.165, 1.54) is 18.7 Å². The molecule has 0 fully saturated rings. The number of amides is 3. The summed E-state index contributed by atoms with van der Waals surface area (Å²) in [6.45, 7) is 5.43. The number of nitrogens with one attached hydrogen (secondary N) is 3. The Morgan fingerprint density at radius 1 is 0.939 bits per heavy atom. The fourth-order valence-electron chi connectivity index (χ4n) is 3.01. The van der Waals surface area contributed by atoms with Gasteiger partial charge in [-0.1, -0.05) is 26.7 Å². The first-order valence-electron chi connectivity index (χ1n) is 11.3. The number of carboxylic acids is 1. The van der Waals surface area contributed by atoms with E-state index >= 15 is 0 Å². The van der Waals surface area contributed by atoms with Gasteiger partial charge in [0.1, 0.15) is 12.1 Å². The van der Waals surface area contributed by atoms with Crippen molar-refractivity contribution in [3.05, 3.63) is 0 Å². The molecule has 12 heteroatoms. The molecule has 0 aliphatic rings. The molecule has 0 rings (SSSR count).